The second-order valence-electron chi connectivity index (χ2n) is 8.65. The van der Waals surface area contributed by atoms with Crippen molar-refractivity contribution < 1.29 is 14.6 Å². The van der Waals surface area contributed by atoms with E-state index >= 15 is 0 Å². The maximum absolute atomic E-state index is 11.7. The fourth-order valence-corrected chi connectivity index (χ4v) is 4.37. The van der Waals surface area contributed by atoms with Crippen LogP contribution in [0, 0.1) is 6.92 Å². The summed E-state index contributed by atoms with van der Waals surface area (Å²) < 4.78 is 6.61. The predicted molar refractivity (Wildman–Crippen MR) is 137 cm³/mol. The number of rotatable bonds is 7. The van der Waals surface area contributed by atoms with Crippen LogP contribution < -0.4 is 10.1 Å². The fraction of sp³-hybridized carbons (Fsp3) is 0.241. The Morgan fingerprint density at radius 1 is 1.18 bits per heavy atom. The zero-order chi connectivity index (χ0) is 24.2. The van der Waals surface area contributed by atoms with Gasteiger partial charge in [-0.2, -0.15) is 0 Å². The number of nitrogens with zero attached hydrogens (tertiary/aromatic N) is 1. The first-order valence-corrected chi connectivity index (χ1v) is 11.6. The van der Waals surface area contributed by atoms with Gasteiger partial charge in [-0.15, -0.1) is 0 Å². The molecule has 1 aliphatic rings. The molecule has 4 rings (SSSR count). The number of aromatic nitrogens is 1. The Morgan fingerprint density at radius 2 is 1.97 bits per heavy atom. The molecule has 2 heterocycles. The molecule has 0 amide bonds. The predicted octanol–water partition coefficient (Wildman–Crippen LogP) is 7.27. The molecule has 1 unspecified atom stereocenters. The van der Waals surface area contributed by atoms with Gasteiger partial charge in [-0.1, -0.05) is 37.6 Å². The van der Waals surface area contributed by atoms with E-state index in [1.807, 2.05) is 31.3 Å². The maximum Gasteiger partial charge on any atom is 0.337 e. The topological polar surface area (TPSA) is 71.5 Å². The lowest BCUT2D eigenvalue weighted by molar-refractivity contribution is 0.0698. The Morgan fingerprint density at radius 3 is 2.68 bits per heavy atom. The van der Waals surface area contributed by atoms with E-state index in [0.29, 0.717) is 5.69 Å². The van der Waals surface area contributed by atoms with Crippen molar-refractivity contribution in [2.45, 2.75) is 46.6 Å². The molecule has 3 aromatic rings. The van der Waals surface area contributed by atoms with Gasteiger partial charge in [0.25, 0.3) is 0 Å². The van der Waals surface area contributed by atoms with E-state index in [0.717, 1.165) is 52.2 Å². The van der Waals surface area contributed by atoms with Crippen LogP contribution in [0.15, 0.2) is 72.6 Å². The van der Waals surface area contributed by atoms with Crippen molar-refractivity contribution >= 4 is 23.0 Å². The van der Waals surface area contributed by atoms with Gasteiger partial charge < -0.3 is 15.2 Å². The van der Waals surface area contributed by atoms with Crippen molar-refractivity contribution in [3.8, 4) is 5.75 Å². The number of anilines is 1. The number of pyridine rings is 1. The van der Waals surface area contributed by atoms with E-state index in [4.69, 9.17) is 4.74 Å². The minimum atomic E-state index is -0.958. The van der Waals surface area contributed by atoms with Crippen LogP contribution in [0.3, 0.4) is 0 Å². The zero-order valence-electron chi connectivity index (χ0n) is 20.1. The third kappa shape index (κ3) is 4.60. The van der Waals surface area contributed by atoms with Gasteiger partial charge in [0.1, 0.15) is 11.5 Å². The Labute approximate surface area is 200 Å². The first-order valence-electron chi connectivity index (χ1n) is 11.6. The van der Waals surface area contributed by atoms with Crippen molar-refractivity contribution in [1.82, 2.24) is 4.98 Å². The number of hydrogen-bond acceptors (Lipinski definition) is 4. The van der Waals surface area contributed by atoms with Crippen LogP contribution in [0.25, 0.3) is 11.3 Å². The molecular formula is C29H30N2O3. The second kappa shape index (κ2) is 9.96. The van der Waals surface area contributed by atoms with Gasteiger partial charge in [0.05, 0.1) is 11.6 Å². The number of carboxylic acids is 1. The van der Waals surface area contributed by atoms with E-state index in [1.54, 1.807) is 24.4 Å². The van der Waals surface area contributed by atoms with Crippen LogP contribution in [0.2, 0.25) is 0 Å². The van der Waals surface area contributed by atoms with E-state index in [2.05, 4.69) is 49.3 Å². The summed E-state index contributed by atoms with van der Waals surface area (Å²) in [6, 6.07) is 15.0. The zero-order valence-corrected chi connectivity index (χ0v) is 20.1. The van der Waals surface area contributed by atoms with Gasteiger partial charge in [0.15, 0.2) is 0 Å². The van der Waals surface area contributed by atoms with Crippen LogP contribution in [0.5, 0.6) is 5.75 Å². The number of carbonyl (C=O) groups is 1. The second-order valence-corrected chi connectivity index (χ2v) is 8.65. The average Bonchev–Trinajstić information content (AvgIpc) is 2.83. The summed E-state index contributed by atoms with van der Waals surface area (Å²) in [5, 5.41) is 13.0. The van der Waals surface area contributed by atoms with Gasteiger partial charge in [0.2, 0.25) is 0 Å². The minimum Gasteiger partial charge on any atom is -0.478 e. The van der Waals surface area contributed by atoms with Crippen molar-refractivity contribution in [2.24, 2.45) is 0 Å². The SMILES string of the molecule is CCC/C=C1/C(C)=C(c2cccnc2)Oc2c1cc(C)cc2C(C)Nc1ccccc1C(=O)O. The highest BCUT2D eigenvalue weighted by Crippen LogP contribution is 2.46. The molecule has 0 bridgehead atoms. The molecule has 5 nitrogen and oxygen atoms in total. The van der Waals surface area contributed by atoms with Crippen LogP contribution in [0.1, 0.15) is 72.3 Å². The molecule has 2 N–H and O–H groups in total. The Hall–Kier alpha value is -3.86. The number of unbranched alkanes of at least 4 members (excludes halogenated alkanes) is 1. The molecule has 1 atom stereocenters. The number of allylic oxidation sites excluding steroid dienone is 3. The summed E-state index contributed by atoms with van der Waals surface area (Å²) in [5.74, 6) is 0.636. The summed E-state index contributed by atoms with van der Waals surface area (Å²) in [7, 11) is 0. The molecule has 5 heteroatoms. The third-order valence-electron chi connectivity index (χ3n) is 6.06. The lowest BCUT2D eigenvalue weighted by Gasteiger charge is -2.29. The lowest BCUT2D eigenvalue weighted by atomic mass is 9.88. The van der Waals surface area contributed by atoms with E-state index in [1.165, 1.54) is 5.57 Å². The summed E-state index contributed by atoms with van der Waals surface area (Å²) in [4.78, 5) is 16.0. The van der Waals surface area contributed by atoms with Crippen molar-refractivity contribution in [2.75, 3.05) is 5.32 Å². The molecule has 34 heavy (non-hydrogen) atoms. The number of hydrogen-bond donors (Lipinski definition) is 2. The van der Waals surface area contributed by atoms with Crippen molar-refractivity contribution in [3.05, 3.63) is 100 Å². The molecule has 174 valence electrons. The van der Waals surface area contributed by atoms with E-state index < -0.39 is 5.97 Å². The Balaban J connectivity index is 1.83. The van der Waals surface area contributed by atoms with Gasteiger partial charge >= 0.3 is 5.97 Å². The summed E-state index contributed by atoms with van der Waals surface area (Å²) in [5.41, 5.74) is 7.17. The number of benzene rings is 2. The van der Waals surface area contributed by atoms with Crippen molar-refractivity contribution in [1.29, 1.82) is 0 Å². The molecule has 0 fully saturated rings. The molecule has 0 saturated heterocycles. The number of para-hydroxylation sites is 1. The van der Waals surface area contributed by atoms with Crippen LogP contribution in [-0.4, -0.2) is 16.1 Å². The number of nitrogens with one attached hydrogen (secondary N) is 1. The Kier molecular flexibility index (Phi) is 6.82. The summed E-state index contributed by atoms with van der Waals surface area (Å²) in [6.07, 6.45) is 7.88. The fourth-order valence-electron chi connectivity index (χ4n) is 4.37. The van der Waals surface area contributed by atoms with Crippen LogP contribution in [-0.2, 0) is 0 Å². The van der Waals surface area contributed by atoms with E-state index in [9.17, 15) is 9.90 Å². The minimum absolute atomic E-state index is 0.185. The number of aromatic carboxylic acids is 1. The third-order valence-corrected chi connectivity index (χ3v) is 6.06. The van der Waals surface area contributed by atoms with Gasteiger partial charge in [0, 0.05) is 40.3 Å². The maximum atomic E-state index is 11.7. The molecule has 0 aliphatic carbocycles. The summed E-state index contributed by atoms with van der Waals surface area (Å²) in [6.45, 7) is 8.38. The molecule has 0 saturated carbocycles. The van der Waals surface area contributed by atoms with Crippen molar-refractivity contribution in [3.63, 3.8) is 0 Å². The smallest absolute Gasteiger partial charge is 0.337 e. The Bertz CT molecular complexity index is 1280. The first kappa shape index (κ1) is 23.3. The number of fused-ring (bicyclic) bond motifs is 1. The molecular weight excluding hydrogens is 424 g/mol. The molecule has 0 spiro atoms. The molecule has 1 aromatic heterocycles. The monoisotopic (exact) mass is 454 g/mol. The standard InChI is InChI=1S/C29H30N2O3/c1-5-6-11-22-19(3)27(21-10-9-14-30-17-21)34-28-24(15-18(2)16-25(22)28)20(4)31-26-13-8-7-12-23(26)29(32)33/h7-17,20,31H,5-6H2,1-4H3,(H,32,33)/b22-11-. The van der Waals surface area contributed by atoms with Crippen LogP contribution in [0.4, 0.5) is 5.69 Å². The quantitative estimate of drug-likeness (QED) is 0.393. The summed E-state index contributed by atoms with van der Waals surface area (Å²) >= 11 is 0. The molecule has 0 radical (unpaired) electrons. The first-order chi connectivity index (χ1) is 16.4. The lowest BCUT2D eigenvalue weighted by Crippen LogP contribution is -2.15. The average molecular weight is 455 g/mol. The highest BCUT2D eigenvalue weighted by molar-refractivity contribution is 5.95. The largest absolute Gasteiger partial charge is 0.478 e. The number of carboxylic acid groups (broad SMARTS) is 1. The van der Waals surface area contributed by atoms with Gasteiger partial charge in [-0.05, 0) is 68.7 Å². The number of ether oxygens (including phenoxy) is 1. The number of aryl methyl sites for hydroxylation is 1. The highest BCUT2D eigenvalue weighted by Gasteiger charge is 2.28. The van der Waals surface area contributed by atoms with Gasteiger partial charge in [-0.25, -0.2) is 4.79 Å². The van der Waals surface area contributed by atoms with Gasteiger partial charge in [-0.3, -0.25) is 4.98 Å². The van der Waals surface area contributed by atoms with Crippen LogP contribution >= 0.6 is 0 Å². The molecule has 1 aliphatic heterocycles. The highest BCUT2D eigenvalue weighted by atomic mass is 16.5. The molecule has 2 aromatic carbocycles. The normalized spacial score (nSPS) is 15.0. The van der Waals surface area contributed by atoms with E-state index in [-0.39, 0.29) is 11.6 Å².